The molecule has 1 N–H and O–H groups in total. The third-order valence-electron chi connectivity index (χ3n) is 5.17. The molecule has 0 unspecified atom stereocenters. The van der Waals surface area contributed by atoms with E-state index in [1.807, 2.05) is 56.4 Å². The molecule has 0 saturated carbocycles. The summed E-state index contributed by atoms with van der Waals surface area (Å²) < 4.78 is 26.6. The van der Waals surface area contributed by atoms with Crippen LogP contribution in [0.15, 0.2) is 82.8 Å². The molecule has 1 heterocycles. The number of rotatable bonds is 11. The van der Waals surface area contributed by atoms with Crippen LogP contribution < -0.4 is 5.32 Å². The normalized spacial score (nSPS) is 11.5. The van der Waals surface area contributed by atoms with Crippen LogP contribution in [-0.4, -0.2) is 36.7 Å². The van der Waals surface area contributed by atoms with Gasteiger partial charge < -0.3 is 5.32 Å². The molecule has 0 aliphatic heterocycles. The maximum Gasteiger partial charge on any atom is 0.243 e. The number of hydrogen-bond acceptors (Lipinski definition) is 5. The van der Waals surface area contributed by atoms with Crippen LogP contribution >= 0.6 is 11.8 Å². The zero-order valence-corrected chi connectivity index (χ0v) is 20.5. The fourth-order valence-corrected chi connectivity index (χ4v) is 5.60. The Morgan fingerprint density at radius 3 is 2.27 bits per heavy atom. The summed E-state index contributed by atoms with van der Waals surface area (Å²) in [6.45, 7) is 4.52. The number of aryl methyl sites for hydroxylation is 1. The monoisotopic (exact) mass is 483 g/mol. The minimum atomic E-state index is -3.46. The molecule has 0 aliphatic carbocycles. The van der Waals surface area contributed by atoms with Gasteiger partial charge in [-0.25, -0.2) is 8.42 Å². The van der Waals surface area contributed by atoms with Crippen LogP contribution in [0.2, 0.25) is 0 Å². The van der Waals surface area contributed by atoms with Gasteiger partial charge in [0.2, 0.25) is 15.9 Å². The number of pyridine rings is 1. The molecular formula is C25H29N3O3S2. The van der Waals surface area contributed by atoms with Crippen molar-refractivity contribution in [2.45, 2.75) is 42.2 Å². The van der Waals surface area contributed by atoms with E-state index >= 15 is 0 Å². The number of carbonyl (C=O) groups excluding carboxylic acids is 1. The molecule has 2 aromatic carbocycles. The lowest BCUT2D eigenvalue weighted by Gasteiger charge is -2.18. The van der Waals surface area contributed by atoms with Crippen LogP contribution in [0.25, 0.3) is 0 Å². The number of thioether (sulfide) groups is 1. The first-order valence-corrected chi connectivity index (χ1v) is 13.4. The Labute approximate surface area is 200 Å². The summed E-state index contributed by atoms with van der Waals surface area (Å²) in [6.07, 6.45) is 4.48. The van der Waals surface area contributed by atoms with Crippen molar-refractivity contribution in [2.24, 2.45) is 0 Å². The standard InChI is InChI=1S/C25H29N3O3S2/c1-3-28(4-2)33(30,31)24-14-7-20(8-15-24)9-16-25(29)27-22-10-12-23(13-11-22)32-19-21-6-5-17-26-18-21/h5-8,10-15,17-18H,3-4,9,16,19H2,1-2H3,(H,27,29). The summed E-state index contributed by atoms with van der Waals surface area (Å²) in [5.74, 6) is 0.764. The number of amides is 1. The number of hydrogen-bond donors (Lipinski definition) is 1. The molecular weight excluding hydrogens is 454 g/mol. The van der Waals surface area contributed by atoms with Crippen molar-refractivity contribution < 1.29 is 13.2 Å². The Morgan fingerprint density at radius 1 is 0.970 bits per heavy atom. The summed E-state index contributed by atoms with van der Waals surface area (Å²) in [4.78, 5) is 17.9. The Balaban J connectivity index is 1.48. The maximum atomic E-state index is 12.6. The number of benzene rings is 2. The largest absolute Gasteiger partial charge is 0.326 e. The molecule has 8 heteroatoms. The number of nitrogens with one attached hydrogen (secondary N) is 1. The molecule has 33 heavy (non-hydrogen) atoms. The Bertz CT molecular complexity index is 1130. The molecule has 0 spiro atoms. The molecule has 0 fully saturated rings. The summed E-state index contributed by atoms with van der Waals surface area (Å²) in [6, 6.07) is 18.5. The fraction of sp³-hybridized carbons (Fsp3) is 0.280. The van der Waals surface area contributed by atoms with E-state index in [0.29, 0.717) is 25.9 Å². The van der Waals surface area contributed by atoms with Crippen LogP contribution in [0.3, 0.4) is 0 Å². The van der Waals surface area contributed by atoms with Crippen LogP contribution in [0.4, 0.5) is 5.69 Å². The highest BCUT2D eigenvalue weighted by atomic mass is 32.2. The predicted molar refractivity (Wildman–Crippen MR) is 134 cm³/mol. The van der Waals surface area contributed by atoms with Crippen LogP contribution in [0, 0.1) is 0 Å². The second-order valence-electron chi connectivity index (χ2n) is 7.46. The smallest absolute Gasteiger partial charge is 0.243 e. The van der Waals surface area contributed by atoms with Crippen molar-refractivity contribution >= 4 is 33.4 Å². The van der Waals surface area contributed by atoms with Crippen molar-refractivity contribution in [3.63, 3.8) is 0 Å². The molecule has 3 rings (SSSR count). The van der Waals surface area contributed by atoms with E-state index in [1.165, 1.54) is 9.87 Å². The quantitative estimate of drug-likeness (QED) is 0.389. The van der Waals surface area contributed by atoms with E-state index in [9.17, 15) is 13.2 Å². The van der Waals surface area contributed by atoms with Gasteiger partial charge in [-0.15, -0.1) is 11.8 Å². The first kappa shape index (κ1) is 25.0. The molecule has 0 saturated heterocycles. The number of anilines is 1. The van der Waals surface area contributed by atoms with Gasteiger partial charge in [0.05, 0.1) is 4.90 Å². The first-order valence-electron chi connectivity index (χ1n) is 10.9. The molecule has 0 bridgehead atoms. The fourth-order valence-electron chi connectivity index (χ4n) is 3.31. The van der Waals surface area contributed by atoms with Crippen molar-refractivity contribution in [1.29, 1.82) is 0 Å². The molecule has 0 aliphatic rings. The van der Waals surface area contributed by atoms with Gasteiger partial charge >= 0.3 is 0 Å². The highest BCUT2D eigenvalue weighted by Crippen LogP contribution is 2.24. The summed E-state index contributed by atoms with van der Waals surface area (Å²) in [5, 5.41) is 2.92. The van der Waals surface area contributed by atoms with Crippen molar-refractivity contribution in [3.8, 4) is 0 Å². The van der Waals surface area contributed by atoms with E-state index in [4.69, 9.17) is 0 Å². The van der Waals surface area contributed by atoms with Crippen LogP contribution in [0.5, 0.6) is 0 Å². The van der Waals surface area contributed by atoms with Gasteiger partial charge in [-0.2, -0.15) is 4.31 Å². The molecule has 3 aromatic rings. The molecule has 1 aromatic heterocycles. The van der Waals surface area contributed by atoms with Gasteiger partial charge in [0.1, 0.15) is 0 Å². The SMILES string of the molecule is CCN(CC)S(=O)(=O)c1ccc(CCC(=O)Nc2ccc(SCc3cccnc3)cc2)cc1. The number of carbonyl (C=O) groups is 1. The van der Waals surface area contributed by atoms with Gasteiger partial charge in [0.25, 0.3) is 0 Å². The minimum Gasteiger partial charge on any atom is -0.326 e. The zero-order chi connectivity index (χ0) is 23.7. The van der Waals surface area contributed by atoms with E-state index in [1.54, 1.807) is 42.2 Å². The molecule has 0 atom stereocenters. The topological polar surface area (TPSA) is 79.4 Å². The summed E-state index contributed by atoms with van der Waals surface area (Å²) in [7, 11) is -3.46. The van der Waals surface area contributed by atoms with Gasteiger partial charge in [-0.3, -0.25) is 9.78 Å². The zero-order valence-electron chi connectivity index (χ0n) is 18.9. The van der Waals surface area contributed by atoms with Crippen molar-refractivity contribution in [1.82, 2.24) is 9.29 Å². The highest BCUT2D eigenvalue weighted by Gasteiger charge is 2.21. The van der Waals surface area contributed by atoms with Crippen LogP contribution in [0.1, 0.15) is 31.4 Å². The number of sulfonamides is 1. The number of nitrogens with zero attached hydrogens (tertiary/aromatic N) is 2. The van der Waals surface area contributed by atoms with Gasteiger partial charge in [0.15, 0.2) is 0 Å². The molecule has 174 valence electrons. The molecule has 6 nitrogen and oxygen atoms in total. The molecule has 0 radical (unpaired) electrons. The lowest BCUT2D eigenvalue weighted by molar-refractivity contribution is -0.116. The second-order valence-corrected chi connectivity index (χ2v) is 10.4. The van der Waals surface area contributed by atoms with E-state index < -0.39 is 10.0 Å². The average Bonchev–Trinajstić information content (AvgIpc) is 2.84. The Hall–Kier alpha value is -2.68. The molecule has 1 amide bonds. The highest BCUT2D eigenvalue weighted by molar-refractivity contribution is 7.98. The van der Waals surface area contributed by atoms with Gasteiger partial charge in [-0.05, 0) is 60.0 Å². The van der Waals surface area contributed by atoms with E-state index in [0.717, 1.165) is 21.9 Å². The number of aromatic nitrogens is 1. The summed E-state index contributed by atoms with van der Waals surface area (Å²) >= 11 is 1.72. The maximum absolute atomic E-state index is 12.6. The van der Waals surface area contributed by atoms with Crippen molar-refractivity contribution in [2.75, 3.05) is 18.4 Å². The minimum absolute atomic E-state index is 0.0781. The Morgan fingerprint density at radius 2 is 1.67 bits per heavy atom. The van der Waals surface area contributed by atoms with Crippen molar-refractivity contribution in [3.05, 3.63) is 84.2 Å². The lowest BCUT2D eigenvalue weighted by Crippen LogP contribution is -2.30. The lowest BCUT2D eigenvalue weighted by atomic mass is 10.1. The van der Waals surface area contributed by atoms with Gasteiger partial charge in [-0.1, -0.05) is 32.0 Å². The summed E-state index contributed by atoms with van der Waals surface area (Å²) in [5.41, 5.74) is 2.84. The second kappa shape index (κ2) is 12.0. The third-order valence-corrected chi connectivity index (χ3v) is 8.32. The van der Waals surface area contributed by atoms with E-state index in [2.05, 4.69) is 10.3 Å². The predicted octanol–water partition coefficient (Wildman–Crippen LogP) is 4.98. The third kappa shape index (κ3) is 7.15. The first-order chi connectivity index (χ1) is 15.9. The van der Waals surface area contributed by atoms with E-state index in [-0.39, 0.29) is 10.8 Å². The Kier molecular flexibility index (Phi) is 9.05. The van der Waals surface area contributed by atoms with Crippen LogP contribution in [-0.2, 0) is 27.0 Å². The average molecular weight is 484 g/mol. The van der Waals surface area contributed by atoms with Gasteiger partial charge in [0, 0.05) is 48.2 Å².